The van der Waals surface area contributed by atoms with Gasteiger partial charge in [-0.3, -0.25) is 4.79 Å². The zero-order valence-electron chi connectivity index (χ0n) is 11.4. The number of hydrogen-bond donors (Lipinski definition) is 0. The average molecular weight is 334 g/mol. The predicted molar refractivity (Wildman–Crippen MR) is 81.7 cm³/mol. The van der Waals surface area contributed by atoms with Gasteiger partial charge in [-0.25, -0.2) is 0 Å². The van der Waals surface area contributed by atoms with Crippen molar-refractivity contribution < 1.29 is 17.4 Å². The molecule has 0 saturated heterocycles. The fourth-order valence-electron chi connectivity index (χ4n) is 1.92. The van der Waals surface area contributed by atoms with Crippen molar-refractivity contribution in [3.63, 3.8) is 0 Å². The molecule has 0 fully saturated rings. The number of fused-ring (bicyclic) bond motifs is 1. The van der Waals surface area contributed by atoms with Crippen LogP contribution in [0.15, 0.2) is 47.4 Å². The van der Waals surface area contributed by atoms with E-state index in [1.165, 1.54) is 25.1 Å². The van der Waals surface area contributed by atoms with E-state index < -0.39 is 10.1 Å². The zero-order chi connectivity index (χ0) is 15.7. The summed E-state index contributed by atoms with van der Waals surface area (Å²) in [5, 5.41) is 0. The summed E-state index contributed by atoms with van der Waals surface area (Å²) in [6.45, 7) is 1.40. The van der Waals surface area contributed by atoms with Gasteiger partial charge in [0.1, 0.15) is 21.7 Å². The Hall–Kier alpha value is -2.32. The number of rotatable bonds is 4. The lowest BCUT2D eigenvalue weighted by molar-refractivity contribution is 0.101. The highest BCUT2D eigenvalue weighted by atomic mass is 32.2. The Morgan fingerprint density at radius 2 is 1.91 bits per heavy atom. The minimum absolute atomic E-state index is 0.0491. The monoisotopic (exact) mass is 334 g/mol. The van der Waals surface area contributed by atoms with Crippen LogP contribution in [0.1, 0.15) is 17.3 Å². The Morgan fingerprint density at radius 3 is 2.68 bits per heavy atom. The van der Waals surface area contributed by atoms with E-state index in [9.17, 15) is 13.2 Å². The molecule has 0 atom stereocenters. The molecular weight excluding hydrogens is 324 g/mol. The third-order valence-electron chi connectivity index (χ3n) is 2.96. The number of nitrogens with zero attached hydrogens (tertiary/aromatic N) is 2. The first-order valence-electron chi connectivity index (χ1n) is 6.24. The number of benzene rings is 2. The van der Waals surface area contributed by atoms with Gasteiger partial charge in [-0.2, -0.15) is 17.2 Å². The second kappa shape index (κ2) is 5.47. The maximum absolute atomic E-state index is 12.4. The van der Waals surface area contributed by atoms with E-state index in [4.69, 9.17) is 4.18 Å². The molecule has 0 aliphatic rings. The van der Waals surface area contributed by atoms with Gasteiger partial charge in [-0.05, 0) is 31.2 Å². The molecule has 8 heteroatoms. The second-order valence-corrected chi connectivity index (χ2v) is 6.55. The van der Waals surface area contributed by atoms with Gasteiger partial charge in [-0.1, -0.05) is 18.2 Å². The van der Waals surface area contributed by atoms with E-state index in [1.54, 1.807) is 24.3 Å². The molecule has 3 rings (SSSR count). The molecule has 3 aromatic rings. The molecule has 0 aliphatic carbocycles. The van der Waals surface area contributed by atoms with Crippen molar-refractivity contribution in [3.8, 4) is 5.75 Å². The van der Waals surface area contributed by atoms with Gasteiger partial charge in [0, 0.05) is 5.56 Å². The lowest BCUT2D eigenvalue weighted by Gasteiger charge is -2.08. The highest BCUT2D eigenvalue weighted by molar-refractivity contribution is 7.87. The minimum Gasteiger partial charge on any atom is -0.379 e. The van der Waals surface area contributed by atoms with Gasteiger partial charge in [0.2, 0.25) is 0 Å². The lowest BCUT2D eigenvalue weighted by atomic mass is 10.1. The maximum Gasteiger partial charge on any atom is 0.341 e. The summed E-state index contributed by atoms with van der Waals surface area (Å²) in [5.74, 6) is -0.0958. The summed E-state index contributed by atoms with van der Waals surface area (Å²) in [5.41, 5.74) is 1.14. The maximum atomic E-state index is 12.4. The fourth-order valence-corrected chi connectivity index (χ4v) is 3.61. The van der Waals surface area contributed by atoms with E-state index in [1.807, 2.05) is 0 Å². The molecule has 112 valence electrons. The number of Topliss-reactive ketones (excluding diaryl/α,β-unsaturated/α-hetero) is 1. The zero-order valence-corrected chi connectivity index (χ0v) is 13.0. The Labute approximate surface area is 130 Å². The summed E-state index contributed by atoms with van der Waals surface area (Å²) >= 11 is 0.931. The lowest BCUT2D eigenvalue weighted by Crippen LogP contribution is -2.10. The van der Waals surface area contributed by atoms with Crippen LogP contribution in [0.4, 0.5) is 0 Å². The molecule has 1 heterocycles. The molecule has 0 spiro atoms. The molecule has 0 N–H and O–H groups in total. The van der Waals surface area contributed by atoms with Crippen molar-refractivity contribution in [2.45, 2.75) is 11.8 Å². The molecule has 0 unspecified atom stereocenters. The predicted octanol–water partition coefficient (Wildman–Crippen LogP) is 2.66. The molecule has 1 aromatic heterocycles. The van der Waals surface area contributed by atoms with Crippen molar-refractivity contribution >= 4 is 38.7 Å². The Balaban J connectivity index is 2.02. The van der Waals surface area contributed by atoms with Crippen LogP contribution in [0.25, 0.3) is 11.0 Å². The van der Waals surface area contributed by atoms with Crippen molar-refractivity contribution in [1.82, 2.24) is 8.75 Å². The van der Waals surface area contributed by atoms with Crippen LogP contribution in [-0.4, -0.2) is 22.9 Å². The number of hydrogen-bond acceptors (Lipinski definition) is 7. The normalized spacial score (nSPS) is 11.5. The number of carbonyl (C=O) groups excluding carboxylic acids is 1. The van der Waals surface area contributed by atoms with Crippen LogP contribution in [-0.2, 0) is 10.1 Å². The van der Waals surface area contributed by atoms with E-state index in [0.29, 0.717) is 11.1 Å². The van der Waals surface area contributed by atoms with Crippen molar-refractivity contribution in [2.24, 2.45) is 0 Å². The van der Waals surface area contributed by atoms with Crippen LogP contribution in [0.3, 0.4) is 0 Å². The SMILES string of the molecule is CC(=O)c1cccc(OS(=O)(=O)c2cccc3nsnc23)c1. The third kappa shape index (κ3) is 2.70. The summed E-state index contributed by atoms with van der Waals surface area (Å²) in [4.78, 5) is 11.3. The van der Waals surface area contributed by atoms with Gasteiger partial charge in [0.05, 0.1) is 11.7 Å². The summed E-state index contributed by atoms with van der Waals surface area (Å²) in [7, 11) is -4.06. The van der Waals surface area contributed by atoms with Crippen molar-refractivity contribution in [1.29, 1.82) is 0 Å². The Bertz CT molecular complexity index is 964. The fraction of sp³-hybridized carbons (Fsp3) is 0.0714. The molecule has 2 aromatic carbocycles. The second-order valence-electron chi connectivity index (χ2n) is 4.51. The highest BCUT2D eigenvalue weighted by Crippen LogP contribution is 2.25. The topological polar surface area (TPSA) is 86.2 Å². The molecule has 0 aliphatic heterocycles. The molecular formula is C14H10N2O4S2. The van der Waals surface area contributed by atoms with Crippen LogP contribution in [0.2, 0.25) is 0 Å². The van der Waals surface area contributed by atoms with Gasteiger partial charge in [0.15, 0.2) is 5.78 Å². The van der Waals surface area contributed by atoms with Crippen molar-refractivity contribution in [3.05, 3.63) is 48.0 Å². The van der Waals surface area contributed by atoms with Crippen molar-refractivity contribution in [2.75, 3.05) is 0 Å². The molecule has 0 amide bonds. The number of ketones is 1. The first-order chi connectivity index (χ1) is 10.5. The minimum atomic E-state index is -4.06. The smallest absolute Gasteiger partial charge is 0.341 e. The summed E-state index contributed by atoms with van der Waals surface area (Å²) in [6, 6.07) is 10.7. The van der Waals surface area contributed by atoms with Crippen LogP contribution in [0, 0.1) is 0 Å². The van der Waals surface area contributed by atoms with Gasteiger partial charge < -0.3 is 4.18 Å². The van der Waals surface area contributed by atoms with E-state index in [-0.39, 0.29) is 21.9 Å². The third-order valence-corrected chi connectivity index (χ3v) is 4.79. The van der Waals surface area contributed by atoms with E-state index in [2.05, 4.69) is 8.75 Å². The van der Waals surface area contributed by atoms with E-state index in [0.717, 1.165) is 11.7 Å². The molecule has 22 heavy (non-hydrogen) atoms. The molecule has 0 bridgehead atoms. The molecule has 0 saturated carbocycles. The summed E-state index contributed by atoms with van der Waals surface area (Å²) < 4.78 is 38.0. The summed E-state index contributed by atoms with van der Waals surface area (Å²) in [6.07, 6.45) is 0. The van der Waals surface area contributed by atoms with E-state index >= 15 is 0 Å². The largest absolute Gasteiger partial charge is 0.379 e. The highest BCUT2D eigenvalue weighted by Gasteiger charge is 2.22. The first kappa shape index (κ1) is 14.6. The Kier molecular flexibility index (Phi) is 3.63. The van der Waals surface area contributed by atoms with Gasteiger partial charge >= 0.3 is 10.1 Å². The number of aromatic nitrogens is 2. The standard InChI is InChI=1S/C14H10N2O4S2/c1-9(17)10-4-2-5-11(8-10)20-22(18,19)13-7-3-6-12-14(13)16-21-15-12/h2-8H,1H3. The Morgan fingerprint density at radius 1 is 1.14 bits per heavy atom. The van der Waals surface area contributed by atoms with Crippen LogP contribution < -0.4 is 4.18 Å². The van der Waals surface area contributed by atoms with Gasteiger partial charge in [0.25, 0.3) is 0 Å². The molecule has 0 radical (unpaired) electrons. The quantitative estimate of drug-likeness (QED) is 0.538. The number of carbonyl (C=O) groups is 1. The molecule has 6 nitrogen and oxygen atoms in total. The first-order valence-corrected chi connectivity index (χ1v) is 8.38. The van der Waals surface area contributed by atoms with Crippen LogP contribution in [0.5, 0.6) is 5.75 Å². The van der Waals surface area contributed by atoms with Crippen LogP contribution >= 0.6 is 11.7 Å². The van der Waals surface area contributed by atoms with Gasteiger partial charge in [-0.15, -0.1) is 0 Å². The average Bonchev–Trinajstić information content (AvgIpc) is 2.95.